The SMILES string of the molecule is CCOc1cccc([N+](=O)[O-])c1C(=O)NC(CC)CCO. The normalized spacial score (nSPS) is 11.8. The molecule has 1 amide bonds. The molecule has 1 aromatic rings. The lowest BCUT2D eigenvalue weighted by Crippen LogP contribution is -2.35. The minimum atomic E-state index is -0.607. The summed E-state index contributed by atoms with van der Waals surface area (Å²) in [5.41, 5.74) is -0.377. The van der Waals surface area contributed by atoms with Crippen LogP contribution in [0.25, 0.3) is 0 Å². The monoisotopic (exact) mass is 296 g/mol. The van der Waals surface area contributed by atoms with E-state index in [0.717, 1.165) is 0 Å². The quantitative estimate of drug-likeness (QED) is 0.563. The molecule has 1 unspecified atom stereocenters. The van der Waals surface area contributed by atoms with E-state index in [4.69, 9.17) is 9.84 Å². The first kappa shape index (κ1) is 16.9. The summed E-state index contributed by atoms with van der Waals surface area (Å²) in [5.74, 6) is -0.380. The molecule has 0 aliphatic rings. The first-order valence-corrected chi connectivity index (χ1v) is 6.87. The van der Waals surface area contributed by atoms with Gasteiger partial charge in [0, 0.05) is 18.7 Å². The topological polar surface area (TPSA) is 102 Å². The highest BCUT2D eigenvalue weighted by Gasteiger charge is 2.26. The van der Waals surface area contributed by atoms with Crippen LogP contribution in [0, 0.1) is 10.1 Å². The molecule has 7 nitrogen and oxygen atoms in total. The van der Waals surface area contributed by atoms with E-state index < -0.39 is 10.8 Å². The van der Waals surface area contributed by atoms with Gasteiger partial charge in [-0.15, -0.1) is 0 Å². The van der Waals surface area contributed by atoms with E-state index in [0.29, 0.717) is 19.4 Å². The summed E-state index contributed by atoms with van der Waals surface area (Å²) in [5, 5.41) is 22.7. The van der Waals surface area contributed by atoms with E-state index in [2.05, 4.69) is 5.32 Å². The van der Waals surface area contributed by atoms with E-state index in [1.807, 2.05) is 6.92 Å². The Morgan fingerprint density at radius 2 is 2.19 bits per heavy atom. The molecule has 0 aromatic heterocycles. The third kappa shape index (κ3) is 4.42. The van der Waals surface area contributed by atoms with Gasteiger partial charge in [0.25, 0.3) is 11.6 Å². The van der Waals surface area contributed by atoms with Gasteiger partial charge in [-0.25, -0.2) is 0 Å². The van der Waals surface area contributed by atoms with Gasteiger partial charge in [0.1, 0.15) is 5.75 Å². The fraction of sp³-hybridized carbons (Fsp3) is 0.500. The predicted octanol–water partition coefficient (Wildman–Crippen LogP) is 1.88. The van der Waals surface area contributed by atoms with E-state index >= 15 is 0 Å². The minimum absolute atomic E-state index is 0.0615. The van der Waals surface area contributed by atoms with Crippen molar-refractivity contribution in [3.05, 3.63) is 33.9 Å². The molecule has 7 heteroatoms. The molecule has 0 saturated carbocycles. The maximum absolute atomic E-state index is 12.3. The second-order valence-electron chi connectivity index (χ2n) is 4.43. The number of amides is 1. The van der Waals surface area contributed by atoms with Gasteiger partial charge in [-0.2, -0.15) is 0 Å². The number of carbonyl (C=O) groups is 1. The number of rotatable bonds is 8. The molecule has 0 aliphatic heterocycles. The molecule has 116 valence electrons. The van der Waals surface area contributed by atoms with Gasteiger partial charge in [0.05, 0.1) is 11.5 Å². The maximum Gasteiger partial charge on any atom is 0.285 e. The fourth-order valence-electron chi connectivity index (χ4n) is 1.97. The highest BCUT2D eigenvalue weighted by Crippen LogP contribution is 2.28. The Labute approximate surface area is 123 Å². The second-order valence-corrected chi connectivity index (χ2v) is 4.43. The van der Waals surface area contributed by atoms with E-state index in [1.54, 1.807) is 6.92 Å². The molecule has 0 radical (unpaired) electrons. The number of ether oxygens (including phenoxy) is 1. The molecule has 21 heavy (non-hydrogen) atoms. The first-order chi connectivity index (χ1) is 10.0. The summed E-state index contributed by atoms with van der Waals surface area (Å²) in [6.07, 6.45) is 1.02. The van der Waals surface area contributed by atoms with Crippen LogP contribution in [0.2, 0.25) is 0 Å². The fourth-order valence-corrected chi connectivity index (χ4v) is 1.97. The van der Waals surface area contributed by atoms with Crippen molar-refractivity contribution in [2.24, 2.45) is 0 Å². The number of aliphatic hydroxyl groups is 1. The molecule has 1 rings (SSSR count). The van der Waals surface area contributed by atoms with Gasteiger partial charge in [-0.3, -0.25) is 14.9 Å². The molecule has 1 aromatic carbocycles. The number of nitrogens with zero attached hydrogens (tertiary/aromatic N) is 1. The summed E-state index contributed by atoms with van der Waals surface area (Å²) < 4.78 is 5.31. The van der Waals surface area contributed by atoms with Crippen LogP contribution in [0.3, 0.4) is 0 Å². The zero-order valence-corrected chi connectivity index (χ0v) is 12.2. The van der Waals surface area contributed by atoms with Crippen molar-refractivity contribution in [2.75, 3.05) is 13.2 Å². The van der Waals surface area contributed by atoms with Crippen molar-refractivity contribution in [3.8, 4) is 5.75 Å². The summed E-state index contributed by atoms with van der Waals surface area (Å²) in [6.45, 7) is 3.84. The summed E-state index contributed by atoms with van der Waals surface area (Å²) >= 11 is 0. The van der Waals surface area contributed by atoms with Crippen molar-refractivity contribution >= 4 is 11.6 Å². The first-order valence-electron chi connectivity index (χ1n) is 6.87. The number of carbonyl (C=O) groups excluding carboxylic acids is 1. The average Bonchev–Trinajstić information content (AvgIpc) is 2.46. The number of aliphatic hydroxyl groups excluding tert-OH is 1. The van der Waals surface area contributed by atoms with Gasteiger partial charge >= 0.3 is 0 Å². The molecular formula is C14H20N2O5. The maximum atomic E-state index is 12.3. The molecule has 0 fully saturated rings. The number of nitro benzene ring substituents is 1. The molecule has 1 atom stereocenters. The van der Waals surface area contributed by atoms with Gasteiger partial charge in [-0.05, 0) is 25.8 Å². The van der Waals surface area contributed by atoms with Crippen molar-refractivity contribution < 1.29 is 19.6 Å². The van der Waals surface area contributed by atoms with Crippen LogP contribution >= 0.6 is 0 Å². The lowest BCUT2D eigenvalue weighted by molar-refractivity contribution is -0.385. The zero-order chi connectivity index (χ0) is 15.8. The standard InChI is InChI=1S/C14H20N2O5/c1-3-10(8-9-17)15-14(18)13-11(16(19)20)6-5-7-12(13)21-4-2/h5-7,10,17H,3-4,8-9H2,1-2H3,(H,15,18). The van der Waals surface area contributed by atoms with E-state index in [1.165, 1.54) is 18.2 Å². The highest BCUT2D eigenvalue weighted by atomic mass is 16.6. The molecule has 0 spiro atoms. The van der Waals surface area contributed by atoms with Crippen molar-refractivity contribution in [2.45, 2.75) is 32.7 Å². The Balaban J connectivity index is 3.13. The Morgan fingerprint density at radius 1 is 1.48 bits per heavy atom. The third-order valence-electron chi connectivity index (χ3n) is 3.03. The number of hydrogen-bond donors (Lipinski definition) is 2. The Morgan fingerprint density at radius 3 is 2.71 bits per heavy atom. The second kappa shape index (κ2) is 8.21. The molecule has 0 saturated heterocycles. The Bertz CT molecular complexity index is 504. The van der Waals surface area contributed by atoms with Crippen LogP contribution in [0.4, 0.5) is 5.69 Å². The van der Waals surface area contributed by atoms with Gasteiger partial charge in [-0.1, -0.05) is 13.0 Å². The average molecular weight is 296 g/mol. The smallest absolute Gasteiger partial charge is 0.285 e. The Kier molecular flexibility index (Phi) is 6.61. The van der Waals surface area contributed by atoms with Crippen LogP contribution in [-0.2, 0) is 0 Å². The van der Waals surface area contributed by atoms with Crippen molar-refractivity contribution in [3.63, 3.8) is 0 Å². The molecule has 2 N–H and O–H groups in total. The molecule has 0 heterocycles. The largest absolute Gasteiger partial charge is 0.493 e. The summed E-state index contributed by atoms with van der Waals surface area (Å²) in [4.78, 5) is 22.8. The van der Waals surface area contributed by atoms with Gasteiger partial charge in [0.15, 0.2) is 5.56 Å². The van der Waals surface area contributed by atoms with Gasteiger partial charge < -0.3 is 15.2 Å². The number of nitro groups is 1. The van der Waals surface area contributed by atoms with Crippen molar-refractivity contribution in [1.82, 2.24) is 5.32 Å². The highest BCUT2D eigenvalue weighted by molar-refractivity contribution is 6.01. The number of benzene rings is 1. The van der Waals surface area contributed by atoms with E-state index in [-0.39, 0.29) is 29.6 Å². The van der Waals surface area contributed by atoms with Crippen LogP contribution in [0.5, 0.6) is 5.75 Å². The molecule has 0 aliphatic carbocycles. The van der Waals surface area contributed by atoms with Crippen LogP contribution in [0.15, 0.2) is 18.2 Å². The van der Waals surface area contributed by atoms with Crippen LogP contribution < -0.4 is 10.1 Å². The minimum Gasteiger partial charge on any atom is -0.493 e. The van der Waals surface area contributed by atoms with Crippen molar-refractivity contribution in [1.29, 1.82) is 0 Å². The molecular weight excluding hydrogens is 276 g/mol. The van der Waals surface area contributed by atoms with Gasteiger partial charge in [0.2, 0.25) is 0 Å². The third-order valence-corrected chi connectivity index (χ3v) is 3.03. The summed E-state index contributed by atoms with van der Waals surface area (Å²) in [6, 6.07) is 4.03. The van der Waals surface area contributed by atoms with E-state index in [9.17, 15) is 14.9 Å². The van der Waals surface area contributed by atoms with Crippen LogP contribution in [0.1, 0.15) is 37.0 Å². The lowest BCUT2D eigenvalue weighted by atomic mass is 10.1. The zero-order valence-electron chi connectivity index (χ0n) is 12.2. The number of hydrogen-bond acceptors (Lipinski definition) is 5. The Hall–Kier alpha value is -2.15. The number of nitrogens with one attached hydrogen (secondary N) is 1. The van der Waals surface area contributed by atoms with Crippen LogP contribution in [-0.4, -0.2) is 35.2 Å². The summed E-state index contributed by atoms with van der Waals surface area (Å²) in [7, 11) is 0. The lowest BCUT2D eigenvalue weighted by Gasteiger charge is -2.17. The predicted molar refractivity (Wildman–Crippen MR) is 77.5 cm³/mol. The molecule has 0 bridgehead atoms.